The van der Waals surface area contributed by atoms with Gasteiger partial charge in [0.15, 0.2) is 0 Å². The number of rotatable bonds is 5. The summed E-state index contributed by atoms with van der Waals surface area (Å²) in [6, 6.07) is 8.87. The Labute approximate surface area is 147 Å². The Balaban J connectivity index is 1.86. The summed E-state index contributed by atoms with van der Waals surface area (Å²) >= 11 is 0. The molecule has 0 saturated carbocycles. The van der Waals surface area contributed by atoms with E-state index in [2.05, 4.69) is 10.6 Å². The van der Waals surface area contributed by atoms with Gasteiger partial charge in [0.05, 0.1) is 18.2 Å². The molecular formula is C18H16F4N2O2. The van der Waals surface area contributed by atoms with E-state index in [0.29, 0.717) is 5.56 Å². The molecule has 0 heterocycles. The van der Waals surface area contributed by atoms with Crippen LogP contribution in [0.4, 0.5) is 17.6 Å². The highest BCUT2D eigenvalue weighted by molar-refractivity contribution is 5.96. The van der Waals surface area contributed by atoms with Crippen LogP contribution in [-0.4, -0.2) is 18.4 Å². The monoisotopic (exact) mass is 368 g/mol. The van der Waals surface area contributed by atoms with Gasteiger partial charge in [0.25, 0.3) is 5.91 Å². The molecule has 0 unspecified atom stereocenters. The Morgan fingerprint density at radius 3 is 2.12 bits per heavy atom. The Bertz CT molecular complexity index is 771. The van der Waals surface area contributed by atoms with Crippen LogP contribution in [0.1, 0.15) is 34.5 Å². The highest BCUT2D eigenvalue weighted by Gasteiger charge is 2.30. The third kappa shape index (κ3) is 5.30. The summed E-state index contributed by atoms with van der Waals surface area (Å²) in [6.45, 7) is 1.36. The molecule has 1 atom stereocenters. The molecule has 4 nitrogen and oxygen atoms in total. The molecule has 0 spiro atoms. The van der Waals surface area contributed by atoms with Crippen molar-refractivity contribution in [2.75, 3.05) is 6.54 Å². The Morgan fingerprint density at radius 2 is 1.58 bits per heavy atom. The number of alkyl halides is 3. The van der Waals surface area contributed by atoms with Crippen LogP contribution in [0.2, 0.25) is 0 Å². The fourth-order valence-electron chi connectivity index (χ4n) is 2.20. The first kappa shape index (κ1) is 19.4. The first-order valence-electron chi connectivity index (χ1n) is 7.67. The lowest BCUT2D eigenvalue weighted by molar-refractivity contribution is -0.137. The minimum Gasteiger partial charge on any atom is -0.348 e. The number of hydrogen-bond acceptors (Lipinski definition) is 2. The molecule has 0 aliphatic rings. The maximum Gasteiger partial charge on any atom is 0.416 e. The van der Waals surface area contributed by atoms with E-state index in [-0.39, 0.29) is 12.1 Å². The van der Waals surface area contributed by atoms with Gasteiger partial charge in [0.2, 0.25) is 5.91 Å². The lowest BCUT2D eigenvalue weighted by Crippen LogP contribution is -2.38. The summed E-state index contributed by atoms with van der Waals surface area (Å²) in [7, 11) is 0. The van der Waals surface area contributed by atoms with E-state index >= 15 is 0 Å². The molecule has 0 radical (unpaired) electrons. The molecule has 2 aromatic carbocycles. The van der Waals surface area contributed by atoms with Gasteiger partial charge < -0.3 is 10.6 Å². The molecule has 138 valence electrons. The van der Waals surface area contributed by atoms with Gasteiger partial charge in [-0.05, 0) is 48.9 Å². The molecule has 2 rings (SSSR count). The summed E-state index contributed by atoms with van der Waals surface area (Å²) in [5, 5.41) is 4.96. The SMILES string of the molecule is C[C@H](NC(=O)CNC(=O)c1ccc(C(F)(F)F)cc1)c1ccc(F)cc1. The number of hydrogen-bond donors (Lipinski definition) is 2. The van der Waals surface area contributed by atoms with Crippen LogP contribution in [-0.2, 0) is 11.0 Å². The topological polar surface area (TPSA) is 58.2 Å². The van der Waals surface area contributed by atoms with Crippen molar-refractivity contribution < 1.29 is 27.2 Å². The van der Waals surface area contributed by atoms with Crippen molar-refractivity contribution >= 4 is 11.8 Å². The maximum absolute atomic E-state index is 12.9. The van der Waals surface area contributed by atoms with E-state index in [1.54, 1.807) is 6.92 Å². The van der Waals surface area contributed by atoms with Gasteiger partial charge in [-0.2, -0.15) is 13.2 Å². The summed E-state index contributed by atoms with van der Waals surface area (Å²) in [6.07, 6.45) is -4.48. The van der Waals surface area contributed by atoms with Crippen molar-refractivity contribution in [3.8, 4) is 0 Å². The minimum absolute atomic E-state index is 0.0115. The van der Waals surface area contributed by atoms with Crippen LogP contribution >= 0.6 is 0 Å². The molecule has 8 heteroatoms. The second kappa shape index (κ2) is 7.99. The Hall–Kier alpha value is -2.90. The van der Waals surface area contributed by atoms with Crippen LogP contribution in [0.25, 0.3) is 0 Å². The number of amides is 2. The number of carbonyl (C=O) groups is 2. The fourth-order valence-corrected chi connectivity index (χ4v) is 2.20. The number of benzene rings is 2. The van der Waals surface area contributed by atoms with E-state index in [1.165, 1.54) is 24.3 Å². The second-order valence-electron chi connectivity index (χ2n) is 5.60. The number of nitrogens with one attached hydrogen (secondary N) is 2. The zero-order valence-electron chi connectivity index (χ0n) is 13.7. The van der Waals surface area contributed by atoms with Crippen molar-refractivity contribution in [3.05, 3.63) is 71.0 Å². The van der Waals surface area contributed by atoms with Gasteiger partial charge in [-0.3, -0.25) is 9.59 Å². The van der Waals surface area contributed by atoms with Gasteiger partial charge in [0.1, 0.15) is 5.82 Å². The average Bonchev–Trinajstić information content (AvgIpc) is 2.59. The lowest BCUT2D eigenvalue weighted by Gasteiger charge is -2.15. The van der Waals surface area contributed by atoms with Crippen LogP contribution < -0.4 is 10.6 Å². The molecule has 0 aromatic heterocycles. The van der Waals surface area contributed by atoms with Crippen LogP contribution in [0.15, 0.2) is 48.5 Å². The molecule has 0 fully saturated rings. The molecule has 2 N–H and O–H groups in total. The molecule has 0 saturated heterocycles. The van der Waals surface area contributed by atoms with Crippen LogP contribution in [0.3, 0.4) is 0 Å². The smallest absolute Gasteiger partial charge is 0.348 e. The van der Waals surface area contributed by atoms with Crippen molar-refractivity contribution in [1.29, 1.82) is 0 Å². The molecule has 0 bridgehead atoms. The van der Waals surface area contributed by atoms with Crippen molar-refractivity contribution in [1.82, 2.24) is 10.6 Å². The lowest BCUT2D eigenvalue weighted by atomic mass is 10.1. The molecule has 26 heavy (non-hydrogen) atoms. The first-order valence-corrected chi connectivity index (χ1v) is 7.67. The van der Waals surface area contributed by atoms with Gasteiger partial charge in [-0.25, -0.2) is 4.39 Å². The first-order chi connectivity index (χ1) is 12.2. The summed E-state index contributed by atoms with van der Waals surface area (Å²) in [4.78, 5) is 23.8. The highest BCUT2D eigenvalue weighted by Crippen LogP contribution is 2.29. The zero-order chi connectivity index (χ0) is 19.3. The Morgan fingerprint density at radius 1 is 1.00 bits per heavy atom. The van der Waals surface area contributed by atoms with Crippen LogP contribution in [0, 0.1) is 5.82 Å². The van der Waals surface area contributed by atoms with E-state index in [4.69, 9.17) is 0 Å². The largest absolute Gasteiger partial charge is 0.416 e. The molecule has 2 amide bonds. The standard InChI is InChI=1S/C18H16F4N2O2/c1-11(12-4-8-15(19)9-5-12)24-16(25)10-23-17(26)13-2-6-14(7-3-13)18(20,21)22/h2-9,11H,10H2,1H3,(H,23,26)(H,24,25)/t11-/m0/s1. The van der Waals surface area contributed by atoms with Crippen molar-refractivity contribution in [3.63, 3.8) is 0 Å². The molecule has 0 aliphatic carbocycles. The third-order valence-corrected chi connectivity index (χ3v) is 3.63. The third-order valence-electron chi connectivity index (χ3n) is 3.63. The van der Waals surface area contributed by atoms with E-state index in [0.717, 1.165) is 24.3 Å². The molecule has 2 aromatic rings. The van der Waals surface area contributed by atoms with Gasteiger partial charge in [-0.15, -0.1) is 0 Å². The normalized spacial score (nSPS) is 12.3. The molecule has 0 aliphatic heterocycles. The van der Waals surface area contributed by atoms with Gasteiger partial charge in [0, 0.05) is 5.56 Å². The summed E-state index contributed by atoms with van der Waals surface area (Å²) in [5.74, 6) is -1.54. The van der Waals surface area contributed by atoms with E-state index in [1.807, 2.05) is 0 Å². The Kier molecular flexibility index (Phi) is 5.97. The average molecular weight is 368 g/mol. The minimum atomic E-state index is -4.48. The predicted molar refractivity (Wildman–Crippen MR) is 86.7 cm³/mol. The fraction of sp³-hybridized carbons (Fsp3) is 0.222. The molecular weight excluding hydrogens is 352 g/mol. The highest BCUT2D eigenvalue weighted by atomic mass is 19.4. The van der Waals surface area contributed by atoms with E-state index in [9.17, 15) is 27.2 Å². The number of halogens is 4. The number of carbonyl (C=O) groups excluding carboxylic acids is 2. The zero-order valence-corrected chi connectivity index (χ0v) is 13.7. The van der Waals surface area contributed by atoms with Crippen molar-refractivity contribution in [2.45, 2.75) is 19.1 Å². The quantitative estimate of drug-likeness (QED) is 0.795. The van der Waals surface area contributed by atoms with Gasteiger partial charge in [-0.1, -0.05) is 12.1 Å². The van der Waals surface area contributed by atoms with Crippen molar-refractivity contribution in [2.24, 2.45) is 0 Å². The van der Waals surface area contributed by atoms with Crippen LogP contribution in [0.5, 0.6) is 0 Å². The maximum atomic E-state index is 12.9. The van der Waals surface area contributed by atoms with E-state index < -0.39 is 35.4 Å². The summed E-state index contributed by atoms with van der Waals surface area (Å²) in [5.41, 5.74) is -0.161. The predicted octanol–water partition coefficient (Wildman–Crippen LogP) is 3.45. The second-order valence-corrected chi connectivity index (χ2v) is 5.60. The van der Waals surface area contributed by atoms with Gasteiger partial charge >= 0.3 is 6.18 Å². The summed E-state index contributed by atoms with van der Waals surface area (Å²) < 4.78 is 50.3.